The van der Waals surface area contributed by atoms with Gasteiger partial charge in [-0.2, -0.15) is 0 Å². The van der Waals surface area contributed by atoms with Gasteiger partial charge >= 0.3 is 0 Å². The Kier molecular flexibility index (Phi) is 7.32. The van der Waals surface area contributed by atoms with Gasteiger partial charge in [-0.1, -0.05) is 49.6 Å². The number of hydrogen-bond acceptors (Lipinski definition) is 3. The molecule has 2 aromatic rings. The van der Waals surface area contributed by atoms with Gasteiger partial charge in [0, 0.05) is 50.1 Å². The molecular weight excluding hydrogens is 520 g/mol. The third kappa shape index (κ3) is 5.07. The molecular formula is C20H26N3U-. The summed E-state index contributed by atoms with van der Waals surface area (Å²) >= 11 is 0. The van der Waals surface area contributed by atoms with Crippen molar-refractivity contribution in [1.29, 1.82) is 0 Å². The summed E-state index contributed by atoms with van der Waals surface area (Å²) in [6, 6.07) is 10.7. The Morgan fingerprint density at radius 2 is 1.92 bits per heavy atom. The molecule has 2 heterocycles. The number of nitrogens with zero attached hydrogens (tertiary/aromatic N) is 3. The Morgan fingerprint density at radius 3 is 2.67 bits per heavy atom. The van der Waals surface area contributed by atoms with Crippen LogP contribution in [0, 0.1) is 50.4 Å². The second-order valence-corrected chi connectivity index (χ2v) is 6.83. The van der Waals surface area contributed by atoms with Gasteiger partial charge in [0.2, 0.25) is 0 Å². The van der Waals surface area contributed by atoms with E-state index in [-0.39, 0.29) is 36.5 Å². The molecule has 126 valence electrons. The van der Waals surface area contributed by atoms with E-state index in [2.05, 4.69) is 52.1 Å². The van der Waals surface area contributed by atoms with E-state index < -0.39 is 0 Å². The molecule has 0 aliphatic carbocycles. The van der Waals surface area contributed by atoms with E-state index in [0.29, 0.717) is 0 Å². The van der Waals surface area contributed by atoms with Crippen LogP contribution in [0.2, 0.25) is 0 Å². The van der Waals surface area contributed by atoms with Gasteiger partial charge in [-0.15, -0.1) is 5.41 Å². The molecule has 3 rings (SSSR count). The number of benzene rings is 1. The summed E-state index contributed by atoms with van der Waals surface area (Å²) in [5.41, 5.74) is 2.58. The topological polar surface area (TPSA) is 29.0 Å². The van der Waals surface area contributed by atoms with Crippen molar-refractivity contribution in [3.63, 3.8) is 0 Å². The summed E-state index contributed by atoms with van der Waals surface area (Å²) in [6.45, 7) is 8.67. The molecule has 4 heteroatoms. The molecule has 1 unspecified atom stereocenters. The third-order valence-electron chi connectivity index (χ3n) is 4.83. The largest absolute Gasteiger partial charge is 0.357 e. The Morgan fingerprint density at radius 1 is 1.17 bits per heavy atom. The molecule has 3 nitrogen and oxygen atoms in total. The van der Waals surface area contributed by atoms with Gasteiger partial charge in [-0.05, 0) is 31.9 Å². The number of aryl methyl sites for hydroxylation is 2. The van der Waals surface area contributed by atoms with Crippen LogP contribution in [0.4, 0.5) is 5.82 Å². The predicted octanol–water partition coefficient (Wildman–Crippen LogP) is 4.23. The van der Waals surface area contributed by atoms with Crippen LogP contribution < -0.4 is 4.90 Å². The van der Waals surface area contributed by atoms with E-state index >= 15 is 0 Å². The zero-order valence-corrected chi connectivity index (χ0v) is 18.7. The first-order chi connectivity index (χ1) is 11.2. The third-order valence-corrected chi connectivity index (χ3v) is 4.83. The molecule has 0 radical (unpaired) electrons. The van der Waals surface area contributed by atoms with Crippen molar-refractivity contribution in [2.75, 3.05) is 18.0 Å². The smallest absolute Gasteiger partial charge is 0.149 e. The SMILES string of the molecule is [CH2-]C1(CCCc2ccccc2)CCCN(c2nccnc2C)C1.[U]. The van der Waals surface area contributed by atoms with Crippen molar-refractivity contribution in [3.05, 3.63) is 60.9 Å². The fourth-order valence-corrected chi connectivity index (χ4v) is 3.62. The summed E-state index contributed by atoms with van der Waals surface area (Å²) in [5, 5.41) is 0. The maximum Gasteiger partial charge on any atom is 0.149 e. The van der Waals surface area contributed by atoms with Crippen LogP contribution in [0.5, 0.6) is 0 Å². The van der Waals surface area contributed by atoms with E-state index in [1.807, 2.05) is 6.92 Å². The normalized spacial score (nSPS) is 20.5. The first-order valence-corrected chi connectivity index (χ1v) is 8.58. The van der Waals surface area contributed by atoms with Crippen LogP contribution in [0.1, 0.15) is 36.9 Å². The molecule has 0 saturated carbocycles. The van der Waals surface area contributed by atoms with Crippen LogP contribution in [-0.2, 0) is 6.42 Å². The average Bonchev–Trinajstić information content (AvgIpc) is 2.56. The first-order valence-electron chi connectivity index (χ1n) is 8.58. The van der Waals surface area contributed by atoms with Gasteiger partial charge < -0.3 is 11.8 Å². The van der Waals surface area contributed by atoms with Crippen LogP contribution in [-0.4, -0.2) is 23.1 Å². The molecule has 0 spiro atoms. The van der Waals surface area contributed by atoms with Crippen molar-refractivity contribution < 1.29 is 31.1 Å². The molecule has 1 saturated heterocycles. The predicted molar refractivity (Wildman–Crippen MR) is 95.4 cm³/mol. The monoisotopic (exact) mass is 546 g/mol. The Hall–Kier alpha value is -0.848. The van der Waals surface area contributed by atoms with Crippen molar-refractivity contribution in [3.8, 4) is 0 Å². The number of anilines is 1. The van der Waals surface area contributed by atoms with Crippen LogP contribution >= 0.6 is 0 Å². The standard InChI is InChI=1S/C20H26N3.U/c1-17-19(22-14-13-21-17)23-15-7-12-20(2,16-23)11-6-10-18-8-4-3-5-9-18;/h3-5,8-9,13-14H,2,6-7,10-12,15-16H2,1H3;/q-1;. The Balaban J connectivity index is 0.00000208. The summed E-state index contributed by atoms with van der Waals surface area (Å²) in [7, 11) is 0. The van der Waals surface area contributed by atoms with Crippen LogP contribution in [0.3, 0.4) is 0 Å². The van der Waals surface area contributed by atoms with Crippen molar-refractivity contribution >= 4 is 5.82 Å². The van der Waals surface area contributed by atoms with E-state index in [0.717, 1.165) is 37.4 Å². The van der Waals surface area contributed by atoms with E-state index in [1.54, 1.807) is 12.4 Å². The molecule has 1 atom stereocenters. The maximum atomic E-state index is 4.58. The molecule has 1 aliphatic heterocycles. The number of hydrogen-bond donors (Lipinski definition) is 0. The number of aromatic nitrogens is 2. The van der Waals surface area contributed by atoms with Gasteiger partial charge in [0.05, 0.1) is 5.69 Å². The van der Waals surface area contributed by atoms with Gasteiger partial charge in [0.25, 0.3) is 0 Å². The Labute approximate surface area is 169 Å². The zero-order valence-electron chi connectivity index (χ0n) is 14.5. The molecule has 1 aromatic heterocycles. The summed E-state index contributed by atoms with van der Waals surface area (Å²) in [4.78, 5) is 11.3. The molecule has 1 aromatic carbocycles. The fourth-order valence-electron chi connectivity index (χ4n) is 3.62. The van der Waals surface area contributed by atoms with Crippen LogP contribution in [0.25, 0.3) is 0 Å². The van der Waals surface area contributed by atoms with E-state index in [4.69, 9.17) is 0 Å². The maximum absolute atomic E-state index is 4.58. The first kappa shape index (κ1) is 19.5. The van der Waals surface area contributed by atoms with Gasteiger partial charge in [0.1, 0.15) is 5.82 Å². The minimum atomic E-state index is 0. The van der Waals surface area contributed by atoms with Gasteiger partial charge in [-0.3, -0.25) is 4.98 Å². The van der Waals surface area contributed by atoms with Crippen molar-refractivity contribution in [2.45, 2.75) is 39.0 Å². The zero-order chi connectivity index (χ0) is 16.1. The molecule has 0 amide bonds. The van der Waals surface area contributed by atoms with Crippen LogP contribution in [0.15, 0.2) is 42.7 Å². The summed E-state index contributed by atoms with van der Waals surface area (Å²) in [6.07, 6.45) is 9.44. The second-order valence-electron chi connectivity index (χ2n) is 6.83. The van der Waals surface area contributed by atoms with E-state index in [9.17, 15) is 0 Å². The summed E-state index contributed by atoms with van der Waals surface area (Å²) < 4.78 is 0. The average molecular weight is 546 g/mol. The molecule has 1 fully saturated rings. The van der Waals surface area contributed by atoms with Crippen molar-refractivity contribution in [1.82, 2.24) is 9.97 Å². The number of piperidine rings is 1. The molecule has 0 N–H and O–H groups in total. The minimum absolute atomic E-state index is 0. The van der Waals surface area contributed by atoms with Gasteiger partial charge in [0.15, 0.2) is 0 Å². The van der Waals surface area contributed by atoms with Crippen molar-refractivity contribution in [2.24, 2.45) is 5.41 Å². The quantitative estimate of drug-likeness (QED) is 0.526. The minimum Gasteiger partial charge on any atom is -0.357 e. The molecule has 0 bridgehead atoms. The Bertz CT molecular complexity index is 632. The fraction of sp³-hybridized carbons (Fsp3) is 0.450. The van der Waals surface area contributed by atoms with E-state index in [1.165, 1.54) is 24.8 Å². The molecule has 24 heavy (non-hydrogen) atoms. The molecule has 1 aliphatic rings. The second kappa shape index (κ2) is 9.02. The van der Waals surface area contributed by atoms with Gasteiger partial charge in [-0.25, -0.2) is 4.98 Å². The summed E-state index contributed by atoms with van der Waals surface area (Å²) in [5.74, 6) is 1.03. The number of rotatable bonds is 5.